The van der Waals surface area contributed by atoms with Crippen molar-refractivity contribution >= 4 is 11.6 Å². The Morgan fingerprint density at radius 3 is 2.75 bits per heavy atom. The van der Waals surface area contributed by atoms with Gasteiger partial charge in [0.25, 0.3) is 0 Å². The van der Waals surface area contributed by atoms with Gasteiger partial charge in [0, 0.05) is 18.0 Å². The lowest BCUT2D eigenvalue weighted by atomic mass is 10.0. The molecule has 0 aromatic carbocycles. The first kappa shape index (κ1) is 11.7. The number of nitrogens with two attached hydrogens (primary N) is 1. The van der Waals surface area contributed by atoms with E-state index in [9.17, 15) is 0 Å². The van der Waals surface area contributed by atoms with Crippen LogP contribution in [0.2, 0.25) is 5.02 Å². The summed E-state index contributed by atoms with van der Waals surface area (Å²) >= 11 is 6.24. The molecule has 88 valence electrons. The summed E-state index contributed by atoms with van der Waals surface area (Å²) in [6, 6.07) is 1.89. The molecule has 1 aromatic heterocycles. The van der Waals surface area contributed by atoms with Gasteiger partial charge in [-0.05, 0) is 18.9 Å². The van der Waals surface area contributed by atoms with Crippen molar-refractivity contribution in [2.45, 2.75) is 38.1 Å². The van der Waals surface area contributed by atoms with Gasteiger partial charge in [0.05, 0.1) is 17.8 Å². The van der Waals surface area contributed by atoms with Crippen molar-refractivity contribution in [2.75, 3.05) is 7.11 Å². The van der Waals surface area contributed by atoms with Crippen molar-refractivity contribution in [3.8, 4) is 5.88 Å². The third-order valence-corrected chi connectivity index (χ3v) is 3.50. The molecule has 1 aliphatic rings. The SMILES string of the molecule is COc1nc(C2CCCC2)c(Cl)cc1CN. The molecule has 0 unspecified atom stereocenters. The van der Waals surface area contributed by atoms with Crippen molar-refractivity contribution in [3.05, 3.63) is 22.3 Å². The van der Waals surface area contributed by atoms with E-state index in [2.05, 4.69) is 4.98 Å². The third-order valence-electron chi connectivity index (χ3n) is 3.20. The Balaban J connectivity index is 2.37. The number of halogens is 1. The van der Waals surface area contributed by atoms with Crippen LogP contribution in [0.4, 0.5) is 0 Å². The molecule has 0 saturated heterocycles. The van der Waals surface area contributed by atoms with Crippen LogP contribution in [0.15, 0.2) is 6.07 Å². The average molecular weight is 241 g/mol. The standard InChI is InChI=1S/C12H17ClN2O/c1-16-12-9(7-14)6-10(13)11(15-12)8-4-2-3-5-8/h6,8H,2-5,7,14H2,1H3. The molecule has 0 atom stereocenters. The van der Waals surface area contributed by atoms with Crippen molar-refractivity contribution in [1.29, 1.82) is 0 Å². The predicted molar refractivity (Wildman–Crippen MR) is 64.9 cm³/mol. The van der Waals surface area contributed by atoms with Crippen LogP contribution in [0.1, 0.15) is 42.9 Å². The fourth-order valence-corrected chi connectivity index (χ4v) is 2.66. The van der Waals surface area contributed by atoms with Gasteiger partial charge in [0.2, 0.25) is 5.88 Å². The number of methoxy groups -OCH3 is 1. The summed E-state index contributed by atoms with van der Waals surface area (Å²) in [5.74, 6) is 1.11. The fraction of sp³-hybridized carbons (Fsp3) is 0.583. The van der Waals surface area contributed by atoms with Crippen molar-refractivity contribution in [1.82, 2.24) is 4.98 Å². The van der Waals surface area contributed by atoms with Gasteiger partial charge in [-0.2, -0.15) is 0 Å². The first-order valence-corrected chi connectivity index (χ1v) is 6.07. The minimum absolute atomic E-state index is 0.404. The van der Waals surface area contributed by atoms with Gasteiger partial charge in [-0.3, -0.25) is 0 Å². The molecule has 1 fully saturated rings. The molecule has 2 N–H and O–H groups in total. The maximum absolute atomic E-state index is 6.24. The van der Waals surface area contributed by atoms with Gasteiger partial charge in [-0.1, -0.05) is 24.4 Å². The zero-order chi connectivity index (χ0) is 11.5. The second-order valence-corrected chi connectivity index (χ2v) is 4.62. The molecule has 16 heavy (non-hydrogen) atoms. The lowest BCUT2D eigenvalue weighted by molar-refractivity contribution is 0.389. The number of pyridine rings is 1. The summed E-state index contributed by atoms with van der Waals surface area (Å²) in [5, 5.41) is 0.730. The van der Waals surface area contributed by atoms with Gasteiger partial charge >= 0.3 is 0 Å². The smallest absolute Gasteiger partial charge is 0.217 e. The van der Waals surface area contributed by atoms with Crippen molar-refractivity contribution in [3.63, 3.8) is 0 Å². The van der Waals surface area contributed by atoms with Gasteiger partial charge < -0.3 is 10.5 Å². The van der Waals surface area contributed by atoms with Crippen LogP contribution < -0.4 is 10.5 Å². The summed E-state index contributed by atoms with van der Waals surface area (Å²) < 4.78 is 5.24. The van der Waals surface area contributed by atoms with Gasteiger partial charge in [0.15, 0.2) is 0 Å². The highest BCUT2D eigenvalue weighted by Crippen LogP contribution is 2.38. The molecule has 4 heteroatoms. The summed E-state index contributed by atoms with van der Waals surface area (Å²) in [7, 11) is 1.62. The molecule has 1 heterocycles. The lowest BCUT2D eigenvalue weighted by Gasteiger charge is -2.14. The van der Waals surface area contributed by atoms with E-state index < -0.39 is 0 Å². The first-order valence-electron chi connectivity index (χ1n) is 5.69. The fourth-order valence-electron chi connectivity index (χ4n) is 2.33. The van der Waals surface area contributed by atoms with Crippen LogP contribution in [0.5, 0.6) is 5.88 Å². The summed E-state index contributed by atoms with van der Waals surface area (Å²) in [5.41, 5.74) is 7.47. The molecule has 2 rings (SSSR count). The Bertz CT molecular complexity index is 376. The summed E-state index contributed by atoms with van der Waals surface area (Å²) in [4.78, 5) is 4.51. The zero-order valence-electron chi connectivity index (χ0n) is 9.50. The van der Waals surface area contributed by atoms with E-state index in [4.69, 9.17) is 22.1 Å². The molecule has 0 radical (unpaired) electrons. The second-order valence-electron chi connectivity index (χ2n) is 4.21. The average Bonchev–Trinajstić information content (AvgIpc) is 2.82. The number of hydrogen-bond donors (Lipinski definition) is 1. The molecule has 1 saturated carbocycles. The Kier molecular flexibility index (Phi) is 3.66. The number of ether oxygens (including phenoxy) is 1. The topological polar surface area (TPSA) is 48.1 Å². The quantitative estimate of drug-likeness (QED) is 0.884. The van der Waals surface area contributed by atoms with E-state index in [0.29, 0.717) is 18.3 Å². The molecule has 3 nitrogen and oxygen atoms in total. The number of rotatable bonds is 3. The van der Waals surface area contributed by atoms with Crippen LogP contribution in [0.25, 0.3) is 0 Å². The van der Waals surface area contributed by atoms with Crippen LogP contribution >= 0.6 is 11.6 Å². The maximum Gasteiger partial charge on any atom is 0.217 e. The highest BCUT2D eigenvalue weighted by molar-refractivity contribution is 6.31. The number of hydrogen-bond acceptors (Lipinski definition) is 3. The van der Waals surface area contributed by atoms with E-state index in [1.165, 1.54) is 25.7 Å². The molecular formula is C12H17ClN2O. The normalized spacial score (nSPS) is 16.7. The van der Waals surface area contributed by atoms with Crippen LogP contribution in [0.3, 0.4) is 0 Å². The van der Waals surface area contributed by atoms with E-state index in [1.54, 1.807) is 7.11 Å². The Morgan fingerprint density at radius 2 is 2.19 bits per heavy atom. The van der Waals surface area contributed by atoms with E-state index in [0.717, 1.165) is 16.3 Å². The van der Waals surface area contributed by atoms with Crippen molar-refractivity contribution in [2.24, 2.45) is 5.73 Å². The molecule has 0 aliphatic heterocycles. The summed E-state index contributed by atoms with van der Waals surface area (Å²) in [6.45, 7) is 0.404. The Labute approximate surface area is 101 Å². The maximum atomic E-state index is 6.24. The zero-order valence-corrected chi connectivity index (χ0v) is 10.3. The van der Waals surface area contributed by atoms with Gasteiger partial charge in [0.1, 0.15) is 0 Å². The van der Waals surface area contributed by atoms with Gasteiger partial charge in [-0.25, -0.2) is 4.98 Å². The van der Waals surface area contributed by atoms with Gasteiger partial charge in [-0.15, -0.1) is 0 Å². The Morgan fingerprint density at radius 1 is 1.50 bits per heavy atom. The first-order chi connectivity index (χ1) is 7.76. The minimum atomic E-state index is 0.404. The van der Waals surface area contributed by atoms with Crippen LogP contribution in [-0.4, -0.2) is 12.1 Å². The largest absolute Gasteiger partial charge is 0.481 e. The van der Waals surface area contributed by atoms with Crippen LogP contribution in [-0.2, 0) is 6.54 Å². The monoisotopic (exact) mass is 240 g/mol. The van der Waals surface area contributed by atoms with E-state index >= 15 is 0 Å². The molecule has 1 aliphatic carbocycles. The van der Waals surface area contributed by atoms with Crippen molar-refractivity contribution < 1.29 is 4.74 Å². The second kappa shape index (κ2) is 5.02. The predicted octanol–water partition coefficient (Wildman–Crippen LogP) is 2.86. The highest BCUT2D eigenvalue weighted by Gasteiger charge is 2.22. The van der Waals surface area contributed by atoms with E-state index in [-0.39, 0.29) is 0 Å². The molecule has 0 bridgehead atoms. The third kappa shape index (κ3) is 2.15. The molecule has 1 aromatic rings. The highest BCUT2D eigenvalue weighted by atomic mass is 35.5. The minimum Gasteiger partial charge on any atom is -0.481 e. The number of nitrogens with zero attached hydrogens (tertiary/aromatic N) is 1. The molecular weight excluding hydrogens is 224 g/mol. The number of aromatic nitrogens is 1. The molecule has 0 spiro atoms. The van der Waals surface area contributed by atoms with E-state index in [1.807, 2.05) is 6.07 Å². The van der Waals surface area contributed by atoms with Crippen LogP contribution in [0, 0.1) is 0 Å². The molecule has 0 amide bonds. The lowest BCUT2D eigenvalue weighted by Crippen LogP contribution is -2.06. The summed E-state index contributed by atoms with van der Waals surface area (Å²) in [6.07, 6.45) is 4.89. The Hall–Kier alpha value is -0.800.